The zero-order chi connectivity index (χ0) is 14.0. The lowest BCUT2D eigenvalue weighted by Gasteiger charge is -2.33. The number of carbonyl (C=O) groups is 1. The van der Waals surface area contributed by atoms with Crippen molar-refractivity contribution in [3.05, 3.63) is 12.7 Å². The quantitative estimate of drug-likeness (QED) is 0.594. The van der Waals surface area contributed by atoms with Crippen LogP contribution in [0.15, 0.2) is 12.7 Å². The number of aliphatic hydroxyl groups excluding tert-OH is 1. The summed E-state index contributed by atoms with van der Waals surface area (Å²) in [6.45, 7) is 9.03. The molecule has 18 heavy (non-hydrogen) atoms. The van der Waals surface area contributed by atoms with E-state index in [-0.39, 0.29) is 6.61 Å². The van der Waals surface area contributed by atoms with E-state index in [2.05, 4.69) is 6.58 Å². The lowest BCUT2D eigenvalue weighted by Crippen LogP contribution is -2.48. The number of carbonyl (C=O) groups excluding carboxylic acids is 1. The van der Waals surface area contributed by atoms with E-state index < -0.39 is 29.4 Å². The number of methoxy groups -OCH3 is 1. The molecule has 0 aromatic rings. The van der Waals surface area contributed by atoms with Gasteiger partial charge in [0.2, 0.25) is 0 Å². The molecule has 0 spiro atoms. The van der Waals surface area contributed by atoms with Crippen molar-refractivity contribution in [2.45, 2.75) is 45.2 Å². The van der Waals surface area contributed by atoms with Crippen molar-refractivity contribution in [3.8, 4) is 0 Å². The second-order valence-corrected chi connectivity index (χ2v) is 5.21. The first-order chi connectivity index (χ1) is 8.27. The molecule has 0 radical (unpaired) electrons. The highest BCUT2D eigenvalue weighted by atomic mass is 16.7. The normalized spacial score (nSPS) is 27.3. The van der Waals surface area contributed by atoms with Gasteiger partial charge in [0.05, 0.1) is 25.2 Å². The number of esters is 1. The Morgan fingerprint density at radius 2 is 2.33 bits per heavy atom. The predicted molar refractivity (Wildman–Crippen MR) is 65.8 cm³/mol. The number of hydrogen-bond acceptors (Lipinski definition) is 5. The lowest BCUT2D eigenvalue weighted by atomic mass is 9.78. The molecule has 1 rings (SSSR count). The van der Waals surface area contributed by atoms with Gasteiger partial charge >= 0.3 is 5.97 Å². The van der Waals surface area contributed by atoms with Gasteiger partial charge in [0.25, 0.3) is 0 Å². The molecule has 1 fully saturated rings. The molecule has 1 N–H and O–H groups in total. The Labute approximate surface area is 108 Å². The first-order valence-electron chi connectivity index (χ1n) is 5.96. The summed E-state index contributed by atoms with van der Waals surface area (Å²) in [5.74, 6) is -1.22. The second kappa shape index (κ2) is 5.38. The third-order valence-corrected chi connectivity index (χ3v) is 3.26. The Morgan fingerprint density at radius 3 is 2.72 bits per heavy atom. The van der Waals surface area contributed by atoms with Gasteiger partial charge in [-0.2, -0.15) is 0 Å². The highest BCUT2D eigenvalue weighted by molar-refractivity contribution is 5.77. The maximum Gasteiger partial charge on any atom is 0.314 e. The average Bonchev–Trinajstić information content (AvgIpc) is 2.67. The summed E-state index contributed by atoms with van der Waals surface area (Å²) < 4.78 is 15.7. The SMILES string of the molecule is C=CC[C@](C)(C(=O)OC)[C@H](O)[C@H]1COC(C)(C)O1. The Bertz CT molecular complexity index is 325. The summed E-state index contributed by atoms with van der Waals surface area (Å²) in [6.07, 6.45) is 0.330. The molecular weight excluding hydrogens is 236 g/mol. The van der Waals surface area contributed by atoms with Crippen molar-refractivity contribution in [2.24, 2.45) is 5.41 Å². The van der Waals surface area contributed by atoms with Crippen molar-refractivity contribution >= 4 is 5.97 Å². The number of allylic oxidation sites excluding steroid dienone is 1. The smallest absolute Gasteiger partial charge is 0.314 e. The van der Waals surface area contributed by atoms with Crippen molar-refractivity contribution in [1.82, 2.24) is 0 Å². The second-order valence-electron chi connectivity index (χ2n) is 5.21. The molecule has 0 bridgehead atoms. The maximum atomic E-state index is 11.9. The van der Waals surface area contributed by atoms with Crippen molar-refractivity contribution < 1.29 is 24.1 Å². The number of aliphatic hydroxyl groups is 1. The molecule has 5 heteroatoms. The van der Waals surface area contributed by atoms with Crippen LogP contribution in [0.2, 0.25) is 0 Å². The molecule has 3 atom stereocenters. The number of rotatable bonds is 5. The van der Waals surface area contributed by atoms with Crippen LogP contribution in [0.4, 0.5) is 0 Å². The monoisotopic (exact) mass is 258 g/mol. The van der Waals surface area contributed by atoms with Gasteiger partial charge in [-0.1, -0.05) is 6.08 Å². The molecule has 0 aliphatic carbocycles. The van der Waals surface area contributed by atoms with E-state index in [9.17, 15) is 9.90 Å². The topological polar surface area (TPSA) is 65.0 Å². The highest BCUT2D eigenvalue weighted by Crippen LogP contribution is 2.35. The highest BCUT2D eigenvalue weighted by Gasteiger charge is 2.49. The summed E-state index contributed by atoms with van der Waals surface area (Å²) in [4.78, 5) is 11.9. The van der Waals surface area contributed by atoms with Crippen LogP contribution in [-0.2, 0) is 19.0 Å². The largest absolute Gasteiger partial charge is 0.469 e. The number of hydrogen-bond donors (Lipinski definition) is 1. The molecule has 1 saturated heterocycles. The fourth-order valence-corrected chi connectivity index (χ4v) is 2.14. The van der Waals surface area contributed by atoms with E-state index in [1.54, 1.807) is 26.8 Å². The Balaban J connectivity index is 2.87. The van der Waals surface area contributed by atoms with Gasteiger partial charge in [0, 0.05) is 0 Å². The van der Waals surface area contributed by atoms with Crippen LogP contribution in [0.1, 0.15) is 27.2 Å². The van der Waals surface area contributed by atoms with Gasteiger partial charge in [-0.25, -0.2) is 0 Å². The van der Waals surface area contributed by atoms with Gasteiger partial charge in [-0.15, -0.1) is 6.58 Å². The van der Waals surface area contributed by atoms with Crippen LogP contribution in [0.5, 0.6) is 0 Å². The molecule has 0 amide bonds. The van der Waals surface area contributed by atoms with E-state index in [0.717, 1.165) is 0 Å². The van der Waals surface area contributed by atoms with E-state index in [0.29, 0.717) is 6.42 Å². The van der Waals surface area contributed by atoms with Gasteiger partial charge in [0.1, 0.15) is 6.10 Å². The lowest BCUT2D eigenvalue weighted by molar-refractivity contribution is -0.178. The molecule has 1 aliphatic heterocycles. The Hall–Kier alpha value is -0.910. The third-order valence-electron chi connectivity index (χ3n) is 3.26. The Kier molecular flexibility index (Phi) is 4.53. The minimum atomic E-state index is -1.08. The summed E-state index contributed by atoms with van der Waals surface area (Å²) >= 11 is 0. The molecule has 0 aromatic heterocycles. The average molecular weight is 258 g/mol. The zero-order valence-corrected chi connectivity index (χ0v) is 11.4. The Morgan fingerprint density at radius 1 is 1.72 bits per heavy atom. The molecule has 1 heterocycles. The third kappa shape index (κ3) is 2.91. The zero-order valence-electron chi connectivity index (χ0n) is 11.4. The van der Waals surface area contributed by atoms with E-state index in [1.807, 2.05) is 0 Å². The van der Waals surface area contributed by atoms with Crippen LogP contribution in [0.3, 0.4) is 0 Å². The van der Waals surface area contributed by atoms with Crippen LogP contribution < -0.4 is 0 Å². The van der Waals surface area contributed by atoms with Crippen LogP contribution in [0, 0.1) is 5.41 Å². The molecule has 1 aliphatic rings. The molecule has 0 saturated carbocycles. The van der Waals surface area contributed by atoms with Crippen molar-refractivity contribution in [2.75, 3.05) is 13.7 Å². The molecule has 104 valence electrons. The van der Waals surface area contributed by atoms with Crippen LogP contribution >= 0.6 is 0 Å². The molecule has 0 unspecified atom stereocenters. The maximum absolute atomic E-state index is 11.9. The van der Waals surface area contributed by atoms with Crippen molar-refractivity contribution in [1.29, 1.82) is 0 Å². The molecule has 0 aromatic carbocycles. The van der Waals surface area contributed by atoms with Crippen molar-refractivity contribution in [3.63, 3.8) is 0 Å². The first-order valence-corrected chi connectivity index (χ1v) is 5.96. The molecular formula is C13H22O5. The van der Waals surface area contributed by atoms with Gasteiger partial charge < -0.3 is 19.3 Å². The first kappa shape index (κ1) is 15.1. The molecule has 5 nitrogen and oxygen atoms in total. The van der Waals surface area contributed by atoms with Gasteiger partial charge in [-0.05, 0) is 27.2 Å². The number of ether oxygens (including phenoxy) is 3. The standard InChI is InChI=1S/C13H22O5/c1-6-7-13(4,11(15)16-5)10(14)9-8-17-12(2,3)18-9/h6,9-10,14H,1,7-8H2,2-5H3/t9-,10-,13+/m1/s1. The van der Waals surface area contributed by atoms with Gasteiger partial charge in [-0.3, -0.25) is 4.79 Å². The van der Waals surface area contributed by atoms with Crippen LogP contribution in [0.25, 0.3) is 0 Å². The minimum Gasteiger partial charge on any atom is -0.469 e. The summed E-state index contributed by atoms with van der Waals surface area (Å²) in [7, 11) is 1.30. The summed E-state index contributed by atoms with van der Waals surface area (Å²) in [5, 5.41) is 10.4. The fraction of sp³-hybridized carbons (Fsp3) is 0.769. The fourth-order valence-electron chi connectivity index (χ4n) is 2.14. The minimum absolute atomic E-state index is 0.248. The van der Waals surface area contributed by atoms with Gasteiger partial charge in [0.15, 0.2) is 5.79 Å². The van der Waals surface area contributed by atoms with Crippen LogP contribution in [-0.4, -0.2) is 42.8 Å². The van der Waals surface area contributed by atoms with E-state index in [4.69, 9.17) is 14.2 Å². The summed E-state index contributed by atoms with van der Waals surface area (Å²) in [6, 6.07) is 0. The summed E-state index contributed by atoms with van der Waals surface area (Å²) in [5.41, 5.74) is -1.08. The van der Waals surface area contributed by atoms with E-state index in [1.165, 1.54) is 7.11 Å². The van der Waals surface area contributed by atoms with E-state index >= 15 is 0 Å². The predicted octanol–water partition coefficient (Wildman–Crippen LogP) is 1.25.